The summed E-state index contributed by atoms with van der Waals surface area (Å²) in [7, 11) is 3.09. The quantitative estimate of drug-likeness (QED) is 0.443. The number of methoxy groups -OCH3 is 2. The normalized spacial score (nSPS) is 10.6. The van der Waals surface area contributed by atoms with Gasteiger partial charge in [0.1, 0.15) is 0 Å². The Bertz CT molecular complexity index is 809. The SMILES string of the molecule is CCC(CC)C(=O)Nc1nnc(SCC(=O)Nc2ccc(OC)c(OC)c2)s1. The number of hydrogen-bond donors (Lipinski definition) is 2. The van der Waals surface area contributed by atoms with Gasteiger partial charge in [0, 0.05) is 17.7 Å². The number of hydrogen-bond acceptors (Lipinski definition) is 8. The molecule has 1 aromatic heterocycles. The molecule has 0 saturated heterocycles. The van der Waals surface area contributed by atoms with Crippen molar-refractivity contribution in [3.05, 3.63) is 18.2 Å². The molecule has 0 atom stereocenters. The van der Waals surface area contributed by atoms with E-state index in [9.17, 15) is 9.59 Å². The molecule has 0 spiro atoms. The molecule has 0 saturated carbocycles. The number of carbonyl (C=O) groups excluding carboxylic acids is 2. The molecular formula is C18H24N4O4S2. The van der Waals surface area contributed by atoms with Crippen molar-refractivity contribution in [3.8, 4) is 11.5 Å². The fourth-order valence-electron chi connectivity index (χ4n) is 2.42. The number of amides is 2. The molecule has 1 heterocycles. The first-order chi connectivity index (χ1) is 13.5. The molecule has 0 fully saturated rings. The van der Waals surface area contributed by atoms with Gasteiger partial charge in [-0.05, 0) is 25.0 Å². The second-order valence-corrected chi connectivity index (χ2v) is 7.98. The standard InChI is InChI=1S/C18H24N4O4S2/c1-5-11(6-2)16(24)20-17-21-22-18(28-17)27-10-15(23)19-12-7-8-13(25-3)14(9-12)26-4/h7-9,11H,5-6,10H2,1-4H3,(H,19,23)(H,20,21,24). The first-order valence-corrected chi connectivity index (χ1v) is 10.6. The van der Waals surface area contributed by atoms with Gasteiger partial charge in [-0.25, -0.2) is 0 Å². The maximum absolute atomic E-state index is 12.2. The van der Waals surface area contributed by atoms with Gasteiger partial charge in [0.25, 0.3) is 0 Å². The Morgan fingerprint density at radius 2 is 1.82 bits per heavy atom. The third-order valence-corrected chi connectivity index (χ3v) is 5.96. The van der Waals surface area contributed by atoms with Crippen molar-refractivity contribution in [1.29, 1.82) is 0 Å². The Morgan fingerprint density at radius 1 is 1.11 bits per heavy atom. The molecule has 152 valence electrons. The van der Waals surface area contributed by atoms with Gasteiger partial charge in [-0.3, -0.25) is 9.59 Å². The van der Waals surface area contributed by atoms with Gasteiger partial charge < -0.3 is 20.1 Å². The fourth-order valence-corrected chi connectivity index (χ4v) is 3.98. The number of thioether (sulfide) groups is 1. The summed E-state index contributed by atoms with van der Waals surface area (Å²) in [4.78, 5) is 24.3. The second kappa shape index (κ2) is 10.9. The van der Waals surface area contributed by atoms with Crippen LogP contribution in [-0.4, -0.2) is 42.0 Å². The Labute approximate surface area is 172 Å². The number of carbonyl (C=O) groups is 2. The van der Waals surface area contributed by atoms with Crippen molar-refractivity contribution >= 4 is 45.7 Å². The van der Waals surface area contributed by atoms with Crippen LogP contribution in [0.4, 0.5) is 10.8 Å². The maximum atomic E-state index is 12.2. The monoisotopic (exact) mass is 424 g/mol. The third-order valence-electron chi connectivity index (χ3n) is 3.99. The number of anilines is 2. The molecule has 8 nitrogen and oxygen atoms in total. The average molecular weight is 425 g/mol. The lowest BCUT2D eigenvalue weighted by Crippen LogP contribution is -2.21. The first kappa shape index (κ1) is 22.0. The molecule has 0 bridgehead atoms. The smallest absolute Gasteiger partial charge is 0.234 e. The van der Waals surface area contributed by atoms with Crippen LogP contribution in [0.25, 0.3) is 0 Å². The minimum atomic E-state index is -0.185. The summed E-state index contributed by atoms with van der Waals surface area (Å²) in [5.74, 6) is 1.02. The molecule has 28 heavy (non-hydrogen) atoms. The van der Waals surface area contributed by atoms with E-state index in [-0.39, 0.29) is 23.5 Å². The average Bonchev–Trinajstić information content (AvgIpc) is 3.14. The zero-order valence-corrected chi connectivity index (χ0v) is 17.9. The zero-order chi connectivity index (χ0) is 20.5. The first-order valence-electron chi connectivity index (χ1n) is 8.79. The topological polar surface area (TPSA) is 102 Å². The van der Waals surface area contributed by atoms with E-state index < -0.39 is 0 Å². The lowest BCUT2D eigenvalue weighted by atomic mass is 10.0. The van der Waals surface area contributed by atoms with Crippen molar-refractivity contribution in [3.63, 3.8) is 0 Å². The van der Waals surface area contributed by atoms with Crippen LogP contribution in [-0.2, 0) is 9.59 Å². The van der Waals surface area contributed by atoms with Crippen LogP contribution in [0.15, 0.2) is 22.5 Å². The number of aromatic nitrogens is 2. The van der Waals surface area contributed by atoms with E-state index in [4.69, 9.17) is 9.47 Å². The van der Waals surface area contributed by atoms with Crippen LogP contribution in [0.3, 0.4) is 0 Å². The molecule has 0 unspecified atom stereocenters. The van der Waals surface area contributed by atoms with Crippen LogP contribution in [0.2, 0.25) is 0 Å². The summed E-state index contributed by atoms with van der Waals surface area (Å²) >= 11 is 2.51. The number of ether oxygens (including phenoxy) is 2. The molecule has 2 amide bonds. The van der Waals surface area contributed by atoms with Crippen LogP contribution in [0, 0.1) is 5.92 Å². The molecular weight excluding hydrogens is 400 g/mol. The van der Waals surface area contributed by atoms with E-state index in [0.717, 1.165) is 12.8 Å². The van der Waals surface area contributed by atoms with E-state index in [1.54, 1.807) is 25.3 Å². The van der Waals surface area contributed by atoms with Gasteiger partial charge in [0.05, 0.1) is 20.0 Å². The largest absolute Gasteiger partial charge is 0.493 e. The van der Waals surface area contributed by atoms with Crippen LogP contribution >= 0.6 is 23.1 Å². The molecule has 0 aliphatic heterocycles. The van der Waals surface area contributed by atoms with Crippen LogP contribution in [0.1, 0.15) is 26.7 Å². The van der Waals surface area contributed by atoms with E-state index in [1.807, 2.05) is 13.8 Å². The molecule has 0 aliphatic carbocycles. The molecule has 0 aliphatic rings. The van der Waals surface area contributed by atoms with Crippen molar-refractivity contribution in [1.82, 2.24) is 10.2 Å². The summed E-state index contributed by atoms with van der Waals surface area (Å²) in [6.45, 7) is 3.96. The molecule has 2 rings (SSSR count). The highest BCUT2D eigenvalue weighted by molar-refractivity contribution is 8.01. The molecule has 2 N–H and O–H groups in total. The highest BCUT2D eigenvalue weighted by atomic mass is 32.2. The number of rotatable bonds is 10. The summed E-state index contributed by atoms with van der Waals surface area (Å²) < 4.78 is 11.0. The minimum absolute atomic E-state index is 0.0349. The Balaban J connectivity index is 1.86. The van der Waals surface area contributed by atoms with E-state index in [2.05, 4.69) is 20.8 Å². The van der Waals surface area contributed by atoms with Crippen molar-refractivity contribution in [2.75, 3.05) is 30.6 Å². The van der Waals surface area contributed by atoms with Crippen LogP contribution in [0.5, 0.6) is 11.5 Å². The van der Waals surface area contributed by atoms with Crippen molar-refractivity contribution in [2.45, 2.75) is 31.0 Å². The highest BCUT2D eigenvalue weighted by Gasteiger charge is 2.17. The zero-order valence-electron chi connectivity index (χ0n) is 16.3. The van der Waals surface area contributed by atoms with Crippen LogP contribution < -0.4 is 20.1 Å². The number of nitrogens with zero attached hydrogens (tertiary/aromatic N) is 2. The lowest BCUT2D eigenvalue weighted by molar-refractivity contribution is -0.120. The third kappa shape index (κ3) is 6.10. The van der Waals surface area contributed by atoms with Gasteiger partial charge in [0.15, 0.2) is 15.8 Å². The van der Waals surface area contributed by atoms with E-state index in [0.29, 0.717) is 26.7 Å². The Kier molecular flexibility index (Phi) is 8.52. The van der Waals surface area contributed by atoms with Crippen molar-refractivity contribution in [2.24, 2.45) is 5.92 Å². The second-order valence-electron chi connectivity index (χ2n) is 5.78. The summed E-state index contributed by atoms with van der Waals surface area (Å²) in [5.41, 5.74) is 0.610. The summed E-state index contributed by atoms with van der Waals surface area (Å²) in [5, 5.41) is 14.0. The molecule has 1 aromatic carbocycles. The number of nitrogens with one attached hydrogen (secondary N) is 2. The maximum Gasteiger partial charge on any atom is 0.234 e. The van der Waals surface area contributed by atoms with Gasteiger partial charge in [-0.15, -0.1) is 10.2 Å². The molecule has 0 radical (unpaired) electrons. The van der Waals surface area contributed by atoms with Gasteiger partial charge in [-0.1, -0.05) is 36.9 Å². The highest BCUT2D eigenvalue weighted by Crippen LogP contribution is 2.30. The predicted molar refractivity (Wildman–Crippen MR) is 112 cm³/mol. The van der Waals surface area contributed by atoms with E-state index in [1.165, 1.54) is 30.2 Å². The summed E-state index contributed by atoms with van der Waals surface area (Å²) in [6.07, 6.45) is 1.55. The van der Waals surface area contributed by atoms with Gasteiger partial charge in [-0.2, -0.15) is 0 Å². The lowest BCUT2D eigenvalue weighted by Gasteiger charge is -2.10. The Morgan fingerprint density at radius 3 is 2.46 bits per heavy atom. The van der Waals surface area contributed by atoms with Gasteiger partial charge in [0.2, 0.25) is 16.9 Å². The molecule has 2 aromatic rings. The van der Waals surface area contributed by atoms with Gasteiger partial charge >= 0.3 is 0 Å². The molecule has 10 heteroatoms. The summed E-state index contributed by atoms with van der Waals surface area (Å²) in [6, 6.07) is 5.15. The van der Waals surface area contributed by atoms with Crippen molar-refractivity contribution < 1.29 is 19.1 Å². The van der Waals surface area contributed by atoms with E-state index >= 15 is 0 Å². The fraction of sp³-hybridized carbons (Fsp3) is 0.444. The minimum Gasteiger partial charge on any atom is -0.493 e. The Hall–Kier alpha value is -2.33. The predicted octanol–water partition coefficient (Wildman–Crippen LogP) is 3.66. The number of benzene rings is 1.